The fourth-order valence-corrected chi connectivity index (χ4v) is 1.89. The van der Waals surface area contributed by atoms with Gasteiger partial charge in [-0.3, -0.25) is 0 Å². The van der Waals surface area contributed by atoms with E-state index in [2.05, 4.69) is 25.1 Å². The van der Waals surface area contributed by atoms with Crippen molar-refractivity contribution in [2.45, 2.75) is 52.4 Å². The molecule has 0 amide bonds. The van der Waals surface area contributed by atoms with E-state index in [1.165, 1.54) is 44.1 Å². The monoisotopic (exact) mass is 220 g/mol. The fraction of sp³-hybridized carbons (Fsp3) is 0.600. The lowest BCUT2D eigenvalue weighted by Crippen LogP contribution is -1.93. The Morgan fingerprint density at radius 3 is 2.56 bits per heavy atom. The van der Waals surface area contributed by atoms with Gasteiger partial charge in [-0.1, -0.05) is 44.7 Å². The number of aryl methyl sites for hydroxylation is 1. The second-order valence-corrected chi connectivity index (χ2v) is 4.24. The van der Waals surface area contributed by atoms with Crippen LogP contribution in [0.3, 0.4) is 0 Å². The van der Waals surface area contributed by atoms with E-state index in [1.807, 2.05) is 13.0 Å². The zero-order valence-corrected chi connectivity index (χ0v) is 10.7. The Labute approximate surface area is 99.8 Å². The van der Waals surface area contributed by atoms with Gasteiger partial charge in [0.1, 0.15) is 5.75 Å². The number of hydrogen-bond donors (Lipinski definition) is 0. The first-order valence-electron chi connectivity index (χ1n) is 6.58. The van der Waals surface area contributed by atoms with Crippen LogP contribution in [-0.2, 0) is 6.42 Å². The van der Waals surface area contributed by atoms with Crippen molar-refractivity contribution in [3.8, 4) is 5.75 Å². The van der Waals surface area contributed by atoms with Gasteiger partial charge in [0.25, 0.3) is 0 Å². The van der Waals surface area contributed by atoms with Gasteiger partial charge in [-0.25, -0.2) is 0 Å². The highest BCUT2D eigenvalue weighted by Crippen LogP contribution is 2.15. The topological polar surface area (TPSA) is 9.23 Å². The van der Waals surface area contributed by atoms with Crippen molar-refractivity contribution < 1.29 is 4.74 Å². The molecule has 1 nitrogen and oxygen atoms in total. The molecule has 16 heavy (non-hydrogen) atoms. The summed E-state index contributed by atoms with van der Waals surface area (Å²) in [6, 6.07) is 8.49. The summed E-state index contributed by atoms with van der Waals surface area (Å²) in [5.74, 6) is 1.01. The third kappa shape index (κ3) is 5.20. The second kappa shape index (κ2) is 8.20. The highest BCUT2D eigenvalue weighted by atomic mass is 16.5. The molecule has 0 saturated carbocycles. The number of hydrogen-bond acceptors (Lipinski definition) is 1. The molecule has 0 spiro atoms. The third-order valence-electron chi connectivity index (χ3n) is 2.78. The molecule has 0 unspecified atom stereocenters. The molecule has 0 aliphatic rings. The highest BCUT2D eigenvalue weighted by Gasteiger charge is 1.96. The minimum atomic E-state index is 0.750. The number of ether oxygens (including phenoxy) is 1. The molecule has 0 fully saturated rings. The molecule has 0 aliphatic carbocycles. The molecule has 1 rings (SSSR count). The minimum Gasteiger partial charge on any atom is -0.494 e. The predicted molar refractivity (Wildman–Crippen MR) is 70.1 cm³/mol. The quantitative estimate of drug-likeness (QED) is 0.582. The van der Waals surface area contributed by atoms with Crippen molar-refractivity contribution >= 4 is 0 Å². The van der Waals surface area contributed by atoms with Crippen molar-refractivity contribution in [1.82, 2.24) is 0 Å². The summed E-state index contributed by atoms with van der Waals surface area (Å²) in [7, 11) is 0. The normalized spacial score (nSPS) is 10.4. The van der Waals surface area contributed by atoms with Crippen LogP contribution in [0, 0.1) is 0 Å². The van der Waals surface area contributed by atoms with Crippen LogP contribution in [0.4, 0.5) is 0 Å². The summed E-state index contributed by atoms with van der Waals surface area (Å²) < 4.78 is 5.49. The van der Waals surface area contributed by atoms with Crippen molar-refractivity contribution in [3.05, 3.63) is 29.8 Å². The summed E-state index contributed by atoms with van der Waals surface area (Å²) in [4.78, 5) is 0. The summed E-state index contributed by atoms with van der Waals surface area (Å²) in [5, 5.41) is 0. The van der Waals surface area contributed by atoms with Crippen LogP contribution >= 0.6 is 0 Å². The zero-order valence-electron chi connectivity index (χ0n) is 10.7. The Morgan fingerprint density at radius 1 is 1.00 bits per heavy atom. The molecule has 90 valence electrons. The molecule has 1 aromatic carbocycles. The van der Waals surface area contributed by atoms with Gasteiger partial charge >= 0.3 is 0 Å². The molecule has 0 saturated heterocycles. The SMILES string of the molecule is CCCCCCCc1cccc(OCC)c1. The van der Waals surface area contributed by atoms with Crippen molar-refractivity contribution in [2.75, 3.05) is 6.61 Å². The molecule has 0 atom stereocenters. The largest absolute Gasteiger partial charge is 0.494 e. The van der Waals surface area contributed by atoms with Gasteiger partial charge in [-0.15, -0.1) is 0 Å². The van der Waals surface area contributed by atoms with Crippen LogP contribution in [0.5, 0.6) is 5.75 Å². The van der Waals surface area contributed by atoms with Gasteiger partial charge in [0.15, 0.2) is 0 Å². The summed E-state index contributed by atoms with van der Waals surface area (Å²) >= 11 is 0. The molecule has 0 aromatic heterocycles. The molecule has 0 heterocycles. The lowest BCUT2D eigenvalue weighted by Gasteiger charge is -2.06. The minimum absolute atomic E-state index is 0.750. The van der Waals surface area contributed by atoms with E-state index >= 15 is 0 Å². The Bertz CT molecular complexity index is 281. The van der Waals surface area contributed by atoms with Crippen LogP contribution in [0.15, 0.2) is 24.3 Å². The molecule has 1 aromatic rings. The standard InChI is InChI=1S/C15H24O/c1-3-5-6-7-8-10-14-11-9-12-15(13-14)16-4-2/h9,11-13H,3-8,10H2,1-2H3. The van der Waals surface area contributed by atoms with Gasteiger partial charge in [0.2, 0.25) is 0 Å². The van der Waals surface area contributed by atoms with E-state index in [0.717, 1.165) is 12.4 Å². The smallest absolute Gasteiger partial charge is 0.119 e. The van der Waals surface area contributed by atoms with Crippen molar-refractivity contribution in [1.29, 1.82) is 0 Å². The van der Waals surface area contributed by atoms with Crippen LogP contribution < -0.4 is 4.74 Å². The Hall–Kier alpha value is -0.980. The van der Waals surface area contributed by atoms with E-state index < -0.39 is 0 Å². The van der Waals surface area contributed by atoms with E-state index in [4.69, 9.17) is 4.74 Å². The molecular weight excluding hydrogens is 196 g/mol. The van der Waals surface area contributed by atoms with Crippen LogP contribution in [0.25, 0.3) is 0 Å². The lowest BCUT2D eigenvalue weighted by atomic mass is 10.1. The molecular formula is C15H24O. The third-order valence-corrected chi connectivity index (χ3v) is 2.78. The molecule has 1 heteroatoms. The van der Waals surface area contributed by atoms with Crippen LogP contribution in [0.2, 0.25) is 0 Å². The molecule has 0 radical (unpaired) electrons. The average Bonchev–Trinajstić information content (AvgIpc) is 2.30. The molecule has 0 N–H and O–H groups in total. The Kier molecular flexibility index (Phi) is 6.71. The van der Waals surface area contributed by atoms with Gasteiger partial charge in [0.05, 0.1) is 6.61 Å². The summed E-state index contributed by atoms with van der Waals surface area (Å²) in [6.45, 7) is 5.03. The van der Waals surface area contributed by atoms with E-state index in [9.17, 15) is 0 Å². The van der Waals surface area contributed by atoms with Crippen LogP contribution in [-0.4, -0.2) is 6.61 Å². The van der Waals surface area contributed by atoms with Gasteiger partial charge in [0, 0.05) is 0 Å². The molecule has 0 aliphatic heterocycles. The predicted octanol–water partition coefficient (Wildman–Crippen LogP) is 4.60. The van der Waals surface area contributed by atoms with Gasteiger partial charge < -0.3 is 4.74 Å². The first-order valence-corrected chi connectivity index (χ1v) is 6.58. The zero-order chi connectivity index (χ0) is 11.6. The first-order chi connectivity index (χ1) is 7.86. The maximum absolute atomic E-state index is 5.49. The second-order valence-electron chi connectivity index (χ2n) is 4.24. The number of rotatable bonds is 8. The Balaban J connectivity index is 2.27. The number of unbranched alkanes of at least 4 members (excludes halogenated alkanes) is 4. The molecule has 0 bridgehead atoms. The Morgan fingerprint density at radius 2 is 1.81 bits per heavy atom. The maximum Gasteiger partial charge on any atom is 0.119 e. The fourth-order valence-electron chi connectivity index (χ4n) is 1.89. The first kappa shape index (κ1) is 13.1. The van der Waals surface area contributed by atoms with Crippen molar-refractivity contribution in [3.63, 3.8) is 0 Å². The summed E-state index contributed by atoms with van der Waals surface area (Å²) in [6.07, 6.45) is 7.91. The van der Waals surface area contributed by atoms with E-state index in [-0.39, 0.29) is 0 Å². The van der Waals surface area contributed by atoms with Crippen LogP contribution in [0.1, 0.15) is 51.5 Å². The van der Waals surface area contributed by atoms with Gasteiger partial charge in [-0.2, -0.15) is 0 Å². The average molecular weight is 220 g/mol. The van der Waals surface area contributed by atoms with E-state index in [0.29, 0.717) is 0 Å². The summed E-state index contributed by atoms with van der Waals surface area (Å²) in [5.41, 5.74) is 1.41. The van der Waals surface area contributed by atoms with Crippen molar-refractivity contribution in [2.24, 2.45) is 0 Å². The van der Waals surface area contributed by atoms with Gasteiger partial charge in [-0.05, 0) is 37.5 Å². The maximum atomic E-state index is 5.49. The highest BCUT2D eigenvalue weighted by molar-refractivity contribution is 5.28. The number of benzene rings is 1. The van der Waals surface area contributed by atoms with E-state index in [1.54, 1.807) is 0 Å². The lowest BCUT2D eigenvalue weighted by molar-refractivity contribution is 0.340.